The van der Waals surface area contributed by atoms with Gasteiger partial charge in [-0.2, -0.15) is 0 Å². The van der Waals surface area contributed by atoms with Crippen LogP contribution in [0.25, 0.3) is 0 Å². The van der Waals surface area contributed by atoms with Crippen molar-refractivity contribution in [2.45, 2.75) is 13.8 Å². The summed E-state index contributed by atoms with van der Waals surface area (Å²) in [5, 5.41) is 0. The second-order valence-corrected chi connectivity index (χ2v) is 10.4. The van der Waals surface area contributed by atoms with Gasteiger partial charge in [0.2, 0.25) is 0 Å². The van der Waals surface area contributed by atoms with Gasteiger partial charge in [-0.15, -0.1) is 0 Å². The molecule has 0 saturated heterocycles. The third-order valence-electron chi connectivity index (χ3n) is 1.78. The first-order valence-corrected chi connectivity index (χ1v) is 8.66. The average molecular weight is 256 g/mol. The summed E-state index contributed by atoms with van der Waals surface area (Å²) in [6.45, 7) is 3.93. The summed E-state index contributed by atoms with van der Waals surface area (Å²) < 4.78 is 5.25. The van der Waals surface area contributed by atoms with E-state index in [0.29, 0.717) is 5.75 Å². The number of aryl methyl sites for hydroxylation is 1. The van der Waals surface area contributed by atoms with E-state index in [1.807, 2.05) is 26.0 Å². The zero-order valence-corrected chi connectivity index (χ0v) is 10.5. The Kier molecular flexibility index (Phi) is 3.52. The van der Waals surface area contributed by atoms with Crippen molar-refractivity contribution in [1.82, 2.24) is 0 Å². The molecular weight excluding hydrogens is 247 g/mol. The normalized spacial score (nSPS) is 11.5. The van der Waals surface area contributed by atoms with Crippen LogP contribution in [0.15, 0.2) is 18.2 Å². The van der Waals surface area contributed by atoms with Crippen LogP contribution in [0.2, 0.25) is 0 Å². The molecule has 0 saturated carbocycles. The third kappa shape index (κ3) is 3.39. The minimum Gasteiger partial charge on any atom is -0.508 e. The molecule has 1 aromatic rings. The predicted molar refractivity (Wildman–Crippen MR) is 59.9 cm³/mol. The van der Waals surface area contributed by atoms with E-state index in [0.717, 1.165) is 11.1 Å². The molecule has 1 aromatic carbocycles. The van der Waals surface area contributed by atoms with Crippen molar-refractivity contribution >= 4 is 39.5 Å². The highest BCUT2D eigenvalue weighted by atomic mass is 35.8. The summed E-state index contributed by atoms with van der Waals surface area (Å²) in [7, 11) is 0. The molecule has 0 bridgehead atoms. The molecule has 0 N–H and O–H groups in total. The van der Waals surface area contributed by atoms with E-state index >= 15 is 0 Å². The van der Waals surface area contributed by atoms with Crippen LogP contribution in [0.4, 0.5) is 0 Å². The summed E-state index contributed by atoms with van der Waals surface area (Å²) in [5.41, 5.74) is 2.14. The first kappa shape index (κ1) is 11.2. The molecule has 0 spiro atoms. The van der Waals surface area contributed by atoms with Gasteiger partial charge in [0.25, 0.3) is 0 Å². The minimum atomic E-state index is -3.04. The molecule has 0 aliphatic carbocycles. The molecule has 0 fully saturated rings. The summed E-state index contributed by atoms with van der Waals surface area (Å²) >= 11 is 16.9. The molecule has 5 heteroatoms. The zero-order chi connectivity index (χ0) is 10.1. The molecule has 0 heterocycles. The highest BCUT2D eigenvalue weighted by Gasteiger charge is 2.30. The van der Waals surface area contributed by atoms with Gasteiger partial charge >= 0.3 is 6.25 Å². The van der Waals surface area contributed by atoms with Crippen LogP contribution in [0.5, 0.6) is 5.75 Å². The topological polar surface area (TPSA) is 9.23 Å². The van der Waals surface area contributed by atoms with Gasteiger partial charge in [-0.3, -0.25) is 0 Å². The zero-order valence-electron chi connectivity index (χ0n) is 7.27. The molecule has 1 rings (SSSR count). The first-order valence-electron chi connectivity index (χ1n) is 3.72. The van der Waals surface area contributed by atoms with Gasteiger partial charge in [-0.1, -0.05) is 45.4 Å². The van der Waals surface area contributed by atoms with E-state index in [2.05, 4.69) is 0 Å². The molecule has 0 unspecified atom stereocenters. The molecule has 0 atom stereocenters. The molecule has 0 aliphatic heterocycles. The Balaban J connectivity index is 2.96. The van der Waals surface area contributed by atoms with Gasteiger partial charge in [0.1, 0.15) is 5.75 Å². The molecular formula is C8H9Cl3OSi. The Morgan fingerprint density at radius 2 is 1.77 bits per heavy atom. The quantitative estimate of drug-likeness (QED) is 0.576. The highest BCUT2D eigenvalue weighted by Crippen LogP contribution is 2.28. The Labute approximate surface area is 92.8 Å². The predicted octanol–water partition coefficient (Wildman–Crippen LogP) is 3.83. The lowest BCUT2D eigenvalue weighted by Crippen LogP contribution is -2.20. The lowest BCUT2D eigenvalue weighted by atomic mass is 10.1. The maximum absolute atomic E-state index is 5.64. The van der Waals surface area contributed by atoms with Crippen LogP contribution in [0.3, 0.4) is 0 Å². The van der Waals surface area contributed by atoms with Crippen LogP contribution < -0.4 is 4.43 Å². The van der Waals surface area contributed by atoms with Crippen LogP contribution in [-0.4, -0.2) is 6.25 Å². The standard InChI is InChI=1S/C8H9Cl3OSi/c1-6-4-3-5-8(7(6)2)12-13(9,10)11/h3-5H,1-2H3. The highest BCUT2D eigenvalue weighted by molar-refractivity contribution is 7.62. The molecule has 72 valence electrons. The molecule has 0 aliphatic rings. The first-order chi connectivity index (χ1) is 5.90. The number of halogens is 3. The van der Waals surface area contributed by atoms with E-state index in [-0.39, 0.29) is 0 Å². The summed E-state index contributed by atoms with van der Waals surface area (Å²) in [5.74, 6) is 0.659. The number of benzene rings is 1. The summed E-state index contributed by atoms with van der Waals surface area (Å²) in [6.07, 6.45) is -3.04. The fraction of sp³-hybridized carbons (Fsp3) is 0.250. The van der Waals surface area contributed by atoms with Crippen molar-refractivity contribution in [2.24, 2.45) is 0 Å². The number of hydrogen-bond acceptors (Lipinski definition) is 1. The van der Waals surface area contributed by atoms with Gasteiger partial charge < -0.3 is 4.43 Å². The van der Waals surface area contributed by atoms with Gasteiger partial charge in [0.05, 0.1) is 0 Å². The van der Waals surface area contributed by atoms with Crippen molar-refractivity contribution in [1.29, 1.82) is 0 Å². The van der Waals surface area contributed by atoms with Crippen molar-refractivity contribution in [2.75, 3.05) is 0 Å². The Bertz CT molecular complexity index is 309. The smallest absolute Gasteiger partial charge is 0.508 e. The maximum Gasteiger partial charge on any atom is 0.555 e. The van der Waals surface area contributed by atoms with Crippen molar-refractivity contribution in [3.05, 3.63) is 29.3 Å². The molecule has 0 amide bonds. The van der Waals surface area contributed by atoms with Crippen LogP contribution >= 0.6 is 33.2 Å². The lowest BCUT2D eigenvalue weighted by molar-refractivity contribution is 0.590. The lowest BCUT2D eigenvalue weighted by Gasteiger charge is -2.14. The number of rotatable bonds is 2. The second kappa shape index (κ2) is 4.09. The third-order valence-corrected chi connectivity index (χ3v) is 2.93. The van der Waals surface area contributed by atoms with Gasteiger partial charge in [0, 0.05) is 0 Å². The minimum absolute atomic E-state index is 0.659. The van der Waals surface area contributed by atoms with E-state index in [1.54, 1.807) is 6.07 Å². The van der Waals surface area contributed by atoms with Crippen molar-refractivity contribution < 1.29 is 4.43 Å². The van der Waals surface area contributed by atoms with E-state index in [9.17, 15) is 0 Å². The molecule has 13 heavy (non-hydrogen) atoms. The van der Waals surface area contributed by atoms with E-state index in [1.165, 1.54) is 0 Å². The fourth-order valence-corrected chi connectivity index (χ4v) is 2.18. The molecule has 0 radical (unpaired) electrons. The largest absolute Gasteiger partial charge is 0.555 e. The second-order valence-electron chi connectivity index (χ2n) is 2.75. The van der Waals surface area contributed by atoms with Gasteiger partial charge in [0.15, 0.2) is 0 Å². The van der Waals surface area contributed by atoms with Crippen LogP contribution in [-0.2, 0) is 0 Å². The Hall–Kier alpha value is 0.107. The van der Waals surface area contributed by atoms with Gasteiger partial charge in [-0.25, -0.2) is 0 Å². The monoisotopic (exact) mass is 254 g/mol. The van der Waals surface area contributed by atoms with Gasteiger partial charge in [-0.05, 0) is 31.0 Å². The van der Waals surface area contributed by atoms with Crippen molar-refractivity contribution in [3.8, 4) is 5.75 Å². The Morgan fingerprint density at radius 3 is 2.31 bits per heavy atom. The molecule has 0 aromatic heterocycles. The SMILES string of the molecule is Cc1cccc(O[Si](Cl)(Cl)Cl)c1C. The van der Waals surface area contributed by atoms with E-state index in [4.69, 9.17) is 37.7 Å². The maximum atomic E-state index is 5.64. The van der Waals surface area contributed by atoms with E-state index < -0.39 is 6.25 Å². The summed E-state index contributed by atoms with van der Waals surface area (Å²) in [4.78, 5) is 0. The fourth-order valence-electron chi connectivity index (χ4n) is 0.959. The van der Waals surface area contributed by atoms with Crippen molar-refractivity contribution in [3.63, 3.8) is 0 Å². The summed E-state index contributed by atoms with van der Waals surface area (Å²) in [6, 6.07) is 5.67. The molecule has 1 nitrogen and oxygen atoms in total. The van der Waals surface area contributed by atoms with Crippen LogP contribution in [0.1, 0.15) is 11.1 Å². The average Bonchev–Trinajstić information content (AvgIpc) is 1.96. The van der Waals surface area contributed by atoms with Crippen LogP contribution in [0, 0.1) is 13.8 Å². The Morgan fingerprint density at radius 1 is 1.15 bits per heavy atom. The number of hydrogen-bond donors (Lipinski definition) is 0.